The third-order valence-corrected chi connectivity index (χ3v) is 9.02. The van der Waals surface area contributed by atoms with Crippen LogP contribution in [0.1, 0.15) is 64.9 Å². The molecule has 0 saturated carbocycles. The molecule has 6 atom stereocenters. The maximum Gasteiger partial charge on any atom is 0.267 e. The number of nitrogens with zero attached hydrogens (tertiary/aromatic N) is 2. The van der Waals surface area contributed by atoms with Crippen LogP contribution in [-0.4, -0.2) is 96.1 Å². The molecule has 5 amide bonds. The minimum absolute atomic E-state index is 0.00815. The molecule has 0 radical (unpaired) electrons. The summed E-state index contributed by atoms with van der Waals surface area (Å²) in [5.74, 6) is -5.59. The van der Waals surface area contributed by atoms with E-state index < -0.39 is 81.5 Å². The number of aliphatic imine (C=N–C) groups is 1. The van der Waals surface area contributed by atoms with Crippen molar-refractivity contribution in [3.63, 3.8) is 0 Å². The molecule has 45 heavy (non-hydrogen) atoms. The molecule has 3 heterocycles. The third kappa shape index (κ3) is 8.45. The zero-order valence-electron chi connectivity index (χ0n) is 25.9. The summed E-state index contributed by atoms with van der Waals surface area (Å²) in [7, 11) is -4.77. The van der Waals surface area contributed by atoms with Gasteiger partial charge in [-0.15, -0.1) is 0 Å². The molecule has 3 aliphatic heterocycles. The molecule has 246 valence electrons. The van der Waals surface area contributed by atoms with Crippen LogP contribution in [0.15, 0.2) is 29.3 Å². The van der Waals surface area contributed by atoms with Crippen LogP contribution in [0.5, 0.6) is 0 Å². The lowest BCUT2D eigenvalue weighted by Gasteiger charge is -2.30. The lowest BCUT2D eigenvalue weighted by atomic mass is 9.93. The average Bonchev–Trinajstić information content (AvgIpc) is 3.60. The first-order valence-electron chi connectivity index (χ1n) is 15.2. The first kappa shape index (κ1) is 34.0. The summed E-state index contributed by atoms with van der Waals surface area (Å²) in [4.78, 5) is 73.8. The molecule has 1 aromatic carbocycles. The normalized spacial score (nSPS) is 28.2. The SMILES string of the molecule is CC(C)C[C@@H]1NC(=O)[C@@H](C(C)C)NC(=O)[C@@H]2CCCN2C(=O)[C@@H](CS(=O)(=O)O)NC(=O)[C@@H](CC2C=Nc3ccccc32)NC1=O. The fourth-order valence-corrected chi connectivity index (χ4v) is 6.67. The monoisotopic (exact) mass is 646 g/mol. The van der Waals surface area contributed by atoms with Gasteiger partial charge in [0.25, 0.3) is 10.1 Å². The van der Waals surface area contributed by atoms with Gasteiger partial charge in [-0.2, -0.15) is 8.42 Å². The Hall–Kier alpha value is -3.85. The second-order valence-electron chi connectivity index (χ2n) is 12.7. The number of carbonyl (C=O) groups excluding carboxylic acids is 5. The number of hydrogen-bond donors (Lipinski definition) is 5. The van der Waals surface area contributed by atoms with Gasteiger partial charge < -0.3 is 26.2 Å². The van der Waals surface area contributed by atoms with Crippen LogP contribution in [-0.2, 0) is 34.1 Å². The van der Waals surface area contributed by atoms with Crippen molar-refractivity contribution in [3.05, 3.63) is 29.8 Å². The smallest absolute Gasteiger partial charge is 0.267 e. The van der Waals surface area contributed by atoms with Gasteiger partial charge in [-0.05, 0) is 49.1 Å². The molecule has 2 saturated heterocycles. The summed E-state index contributed by atoms with van der Waals surface area (Å²) in [5, 5.41) is 10.6. The van der Waals surface area contributed by atoms with E-state index in [1.54, 1.807) is 20.1 Å². The number of benzene rings is 1. The number of nitrogens with one attached hydrogen (secondary N) is 4. The highest BCUT2D eigenvalue weighted by atomic mass is 32.2. The standard InChI is InChI=1S/C30H42N6O8S/c1-16(2)12-21-26(37)32-22(13-18-14-31-20-9-6-5-8-19(18)20)27(38)34-23(15-45(42,43)44)30(41)36-11-7-10-24(36)28(39)35-25(17(3)4)29(40)33-21/h5-6,8-9,14,16-18,21-25H,7,10-13,15H2,1-4H3,(H,32,37)(H,33,40)(H,34,38)(H,35,39)(H,42,43,44)/t18?,21-,22+,23+,24-,25+/m0/s1. The predicted molar refractivity (Wildman–Crippen MR) is 165 cm³/mol. The Bertz CT molecular complexity index is 1460. The Morgan fingerprint density at radius 3 is 2.20 bits per heavy atom. The van der Waals surface area contributed by atoms with Crippen molar-refractivity contribution < 1.29 is 36.9 Å². The van der Waals surface area contributed by atoms with Gasteiger partial charge >= 0.3 is 0 Å². The van der Waals surface area contributed by atoms with Gasteiger partial charge in [-0.25, -0.2) is 0 Å². The Morgan fingerprint density at radius 1 is 0.889 bits per heavy atom. The zero-order valence-corrected chi connectivity index (χ0v) is 26.7. The summed E-state index contributed by atoms with van der Waals surface area (Å²) in [6.45, 7) is 7.30. The quantitative estimate of drug-likeness (QED) is 0.262. The van der Waals surface area contributed by atoms with Crippen molar-refractivity contribution in [2.24, 2.45) is 16.8 Å². The van der Waals surface area contributed by atoms with Gasteiger partial charge in [0.15, 0.2) is 0 Å². The maximum absolute atomic E-state index is 13.8. The number of para-hydroxylation sites is 1. The van der Waals surface area contributed by atoms with Crippen LogP contribution < -0.4 is 21.3 Å². The lowest BCUT2D eigenvalue weighted by Crippen LogP contribution is -2.59. The molecule has 4 rings (SSSR count). The van der Waals surface area contributed by atoms with Gasteiger partial charge in [0, 0.05) is 18.7 Å². The lowest BCUT2D eigenvalue weighted by molar-refractivity contribution is -0.142. The first-order chi connectivity index (χ1) is 21.1. The molecule has 0 bridgehead atoms. The third-order valence-electron chi connectivity index (χ3n) is 8.27. The van der Waals surface area contributed by atoms with E-state index in [0.29, 0.717) is 12.1 Å². The van der Waals surface area contributed by atoms with Gasteiger partial charge in [-0.3, -0.25) is 33.5 Å². The van der Waals surface area contributed by atoms with Crippen LogP contribution in [0.3, 0.4) is 0 Å². The fourth-order valence-electron chi connectivity index (χ4n) is 6.02. The second kappa shape index (κ2) is 14.1. The van der Waals surface area contributed by atoms with Crippen LogP contribution in [0, 0.1) is 11.8 Å². The molecule has 0 aromatic heterocycles. The number of hydrogen-bond acceptors (Lipinski definition) is 8. The van der Waals surface area contributed by atoms with Gasteiger partial charge in [0.2, 0.25) is 29.5 Å². The number of amides is 5. The summed E-state index contributed by atoms with van der Waals surface area (Å²) in [5.41, 5.74) is 1.52. The predicted octanol–water partition coefficient (Wildman–Crippen LogP) is 0.410. The average molecular weight is 647 g/mol. The molecular weight excluding hydrogens is 604 g/mol. The van der Waals surface area contributed by atoms with Crippen LogP contribution in [0.2, 0.25) is 0 Å². The van der Waals surface area contributed by atoms with E-state index in [9.17, 15) is 36.9 Å². The Morgan fingerprint density at radius 2 is 1.53 bits per heavy atom. The van der Waals surface area contributed by atoms with E-state index in [0.717, 1.165) is 10.5 Å². The summed E-state index contributed by atoms with van der Waals surface area (Å²) >= 11 is 0. The molecule has 2 fully saturated rings. The number of fused-ring (bicyclic) bond motifs is 2. The molecule has 14 nitrogen and oxygen atoms in total. The molecule has 5 N–H and O–H groups in total. The van der Waals surface area contributed by atoms with Crippen molar-refractivity contribution >= 4 is 51.6 Å². The highest BCUT2D eigenvalue weighted by Gasteiger charge is 2.42. The highest BCUT2D eigenvalue weighted by Crippen LogP contribution is 2.34. The van der Waals surface area contributed by atoms with Crippen molar-refractivity contribution in [3.8, 4) is 0 Å². The van der Waals surface area contributed by atoms with Gasteiger partial charge in [0.1, 0.15) is 36.0 Å². The van der Waals surface area contributed by atoms with Gasteiger partial charge in [-0.1, -0.05) is 45.9 Å². The van der Waals surface area contributed by atoms with Crippen molar-refractivity contribution in [2.75, 3.05) is 12.3 Å². The van der Waals surface area contributed by atoms with Crippen LogP contribution in [0.25, 0.3) is 0 Å². The molecule has 0 aliphatic carbocycles. The molecular formula is C30H42N6O8S. The van der Waals surface area contributed by atoms with Crippen LogP contribution >= 0.6 is 0 Å². The summed E-state index contributed by atoms with van der Waals surface area (Å²) < 4.78 is 33.7. The number of carbonyl (C=O) groups is 5. The molecule has 3 aliphatic rings. The molecule has 1 aromatic rings. The highest BCUT2D eigenvalue weighted by molar-refractivity contribution is 7.85. The minimum atomic E-state index is -4.77. The zero-order chi connectivity index (χ0) is 33.1. The van der Waals surface area contributed by atoms with E-state index in [-0.39, 0.29) is 37.6 Å². The van der Waals surface area contributed by atoms with E-state index in [2.05, 4.69) is 26.3 Å². The molecule has 1 unspecified atom stereocenters. The van der Waals surface area contributed by atoms with E-state index in [1.165, 1.54) is 0 Å². The molecule has 15 heteroatoms. The second-order valence-corrected chi connectivity index (χ2v) is 14.2. The maximum atomic E-state index is 13.8. The molecule has 0 spiro atoms. The summed E-state index contributed by atoms with van der Waals surface area (Å²) in [6.07, 6.45) is 2.54. The van der Waals surface area contributed by atoms with Crippen LogP contribution in [0.4, 0.5) is 5.69 Å². The summed E-state index contributed by atoms with van der Waals surface area (Å²) in [6, 6.07) is 1.10. The Balaban J connectivity index is 1.76. The Kier molecular flexibility index (Phi) is 10.6. The largest absolute Gasteiger partial charge is 0.343 e. The van der Waals surface area contributed by atoms with E-state index in [4.69, 9.17) is 0 Å². The topological polar surface area (TPSA) is 203 Å². The van der Waals surface area contributed by atoms with Crippen molar-refractivity contribution in [2.45, 2.75) is 89.5 Å². The van der Waals surface area contributed by atoms with E-state index >= 15 is 0 Å². The Labute approximate surface area is 262 Å². The minimum Gasteiger partial charge on any atom is -0.343 e. The van der Waals surface area contributed by atoms with Gasteiger partial charge in [0.05, 0.1) is 5.69 Å². The number of rotatable bonds is 7. The fraction of sp³-hybridized carbons (Fsp3) is 0.600. The first-order valence-corrected chi connectivity index (χ1v) is 16.9. The van der Waals surface area contributed by atoms with E-state index in [1.807, 2.05) is 38.1 Å². The van der Waals surface area contributed by atoms with Crippen molar-refractivity contribution in [1.29, 1.82) is 0 Å². The van der Waals surface area contributed by atoms with Crippen molar-refractivity contribution in [1.82, 2.24) is 26.2 Å².